The van der Waals surface area contributed by atoms with Crippen LogP contribution >= 0.6 is 0 Å². The average molecular weight is 289 g/mol. The van der Waals surface area contributed by atoms with Crippen LogP contribution in [0.5, 0.6) is 0 Å². The Morgan fingerprint density at radius 3 is 2.76 bits per heavy atom. The van der Waals surface area contributed by atoms with Gasteiger partial charge in [-0.15, -0.1) is 0 Å². The Hall–Kier alpha value is -2.18. The van der Waals surface area contributed by atoms with Crippen molar-refractivity contribution in [2.24, 2.45) is 0 Å². The normalized spacial score (nSPS) is 12.1. The molecule has 112 valence electrons. The third-order valence-corrected chi connectivity index (χ3v) is 2.93. The summed E-state index contributed by atoms with van der Waals surface area (Å²) in [6.45, 7) is 2.87. The highest BCUT2D eigenvalue weighted by molar-refractivity contribution is 5.94. The van der Waals surface area contributed by atoms with Gasteiger partial charge in [-0.1, -0.05) is 35.5 Å². The summed E-state index contributed by atoms with van der Waals surface area (Å²) in [6, 6.07) is 10.7. The molecule has 1 aromatic carbocycles. The smallest absolute Gasteiger partial charge is 0.247 e. The fraction of sp³-hybridized carbons (Fsp3) is 0.333. The van der Waals surface area contributed by atoms with Crippen molar-refractivity contribution in [3.63, 3.8) is 0 Å². The molecule has 1 atom stereocenters. The van der Waals surface area contributed by atoms with Gasteiger partial charge in [0.2, 0.25) is 5.91 Å². The summed E-state index contributed by atoms with van der Waals surface area (Å²) >= 11 is 0. The van der Waals surface area contributed by atoms with E-state index >= 15 is 0 Å². The van der Waals surface area contributed by atoms with E-state index in [0.29, 0.717) is 24.7 Å². The highest BCUT2D eigenvalue weighted by Gasteiger charge is 2.20. The van der Waals surface area contributed by atoms with Gasteiger partial charge in [-0.2, -0.15) is 0 Å². The molecule has 2 aromatic rings. The maximum Gasteiger partial charge on any atom is 0.247 e. The third kappa shape index (κ3) is 4.40. The van der Waals surface area contributed by atoms with Crippen molar-refractivity contribution in [1.29, 1.82) is 0 Å². The van der Waals surface area contributed by atoms with Gasteiger partial charge in [0, 0.05) is 19.7 Å². The monoisotopic (exact) mass is 289 g/mol. The number of ether oxygens (including phenoxy) is 1. The number of benzene rings is 1. The molecule has 0 spiro atoms. The maximum atomic E-state index is 12.4. The summed E-state index contributed by atoms with van der Waals surface area (Å²) in [5.74, 6) is 0.867. The molecule has 0 aliphatic heterocycles. The molecule has 1 aromatic heterocycles. The fourth-order valence-electron chi connectivity index (χ4n) is 1.94. The number of aromatic nitrogens is 1. The Labute approximate surface area is 123 Å². The van der Waals surface area contributed by atoms with Gasteiger partial charge < -0.3 is 14.6 Å². The predicted molar refractivity (Wildman–Crippen MR) is 78.9 cm³/mol. The molecule has 0 saturated carbocycles. The molecule has 0 aliphatic rings. The van der Waals surface area contributed by atoms with Gasteiger partial charge in [0.1, 0.15) is 11.8 Å². The highest BCUT2D eigenvalue weighted by atomic mass is 16.5. The molecule has 0 saturated heterocycles. The molecule has 2 N–H and O–H groups in total. The van der Waals surface area contributed by atoms with Crippen molar-refractivity contribution in [3.05, 3.63) is 47.7 Å². The van der Waals surface area contributed by atoms with Crippen LogP contribution in [0.2, 0.25) is 0 Å². The Morgan fingerprint density at radius 1 is 1.38 bits per heavy atom. The van der Waals surface area contributed by atoms with Gasteiger partial charge in [0.05, 0.1) is 6.61 Å². The van der Waals surface area contributed by atoms with Crippen LogP contribution in [0.4, 0.5) is 5.82 Å². The van der Waals surface area contributed by atoms with Crippen molar-refractivity contribution in [2.45, 2.75) is 13.0 Å². The lowest BCUT2D eigenvalue weighted by Gasteiger charge is -2.17. The van der Waals surface area contributed by atoms with Crippen LogP contribution in [0.15, 0.2) is 40.9 Å². The topological polar surface area (TPSA) is 76.4 Å². The van der Waals surface area contributed by atoms with Crippen molar-refractivity contribution in [2.75, 3.05) is 25.6 Å². The lowest BCUT2D eigenvalue weighted by atomic mass is 10.1. The van der Waals surface area contributed by atoms with Crippen molar-refractivity contribution < 1.29 is 14.1 Å². The third-order valence-electron chi connectivity index (χ3n) is 2.93. The van der Waals surface area contributed by atoms with E-state index in [9.17, 15) is 4.79 Å². The predicted octanol–water partition coefficient (Wildman–Crippen LogP) is 1.90. The fourth-order valence-corrected chi connectivity index (χ4v) is 1.94. The molecule has 0 aliphatic carbocycles. The first kappa shape index (κ1) is 15.2. The molecule has 21 heavy (non-hydrogen) atoms. The van der Waals surface area contributed by atoms with Crippen LogP contribution in [0.3, 0.4) is 0 Å². The molecule has 2 rings (SSSR count). The van der Waals surface area contributed by atoms with E-state index in [1.165, 1.54) is 0 Å². The minimum absolute atomic E-state index is 0.189. The molecule has 6 heteroatoms. The second-order valence-corrected chi connectivity index (χ2v) is 4.60. The van der Waals surface area contributed by atoms with Crippen LogP contribution in [-0.4, -0.2) is 31.3 Å². The highest BCUT2D eigenvalue weighted by Crippen LogP contribution is 2.16. The molecule has 1 amide bonds. The minimum atomic E-state index is -0.474. The van der Waals surface area contributed by atoms with Crippen LogP contribution in [0.1, 0.15) is 17.4 Å². The number of anilines is 1. The Kier molecular flexibility index (Phi) is 5.48. The molecule has 0 radical (unpaired) electrons. The first-order valence-corrected chi connectivity index (χ1v) is 6.72. The number of nitrogens with zero attached hydrogens (tertiary/aromatic N) is 1. The van der Waals surface area contributed by atoms with Crippen molar-refractivity contribution >= 4 is 11.7 Å². The van der Waals surface area contributed by atoms with Crippen LogP contribution in [-0.2, 0) is 9.53 Å². The molecule has 0 bridgehead atoms. The van der Waals surface area contributed by atoms with Gasteiger partial charge >= 0.3 is 0 Å². The van der Waals surface area contributed by atoms with Gasteiger partial charge in [0.15, 0.2) is 5.82 Å². The molecular formula is C15H19N3O3. The average Bonchev–Trinajstić information content (AvgIpc) is 2.89. The first-order valence-electron chi connectivity index (χ1n) is 6.72. The largest absolute Gasteiger partial charge is 0.383 e. The van der Waals surface area contributed by atoms with Crippen LogP contribution < -0.4 is 10.6 Å². The Balaban J connectivity index is 2.08. The second-order valence-electron chi connectivity index (χ2n) is 4.60. The van der Waals surface area contributed by atoms with E-state index in [0.717, 1.165) is 5.56 Å². The molecule has 6 nitrogen and oxygen atoms in total. The van der Waals surface area contributed by atoms with Crippen LogP contribution in [0, 0.1) is 6.92 Å². The maximum absolute atomic E-state index is 12.4. The summed E-state index contributed by atoms with van der Waals surface area (Å²) in [4.78, 5) is 12.4. The lowest BCUT2D eigenvalue weighted by Crippen LogP contribution is -2.34. The van der Waals surface area contributed by atoms with Gasteiger partial charge in [-0.05, 0) is 12.5 Å². The minimum Gasteiger partial charge on any atom is -0.383 e. The van der Waals surface area contributed by atoms with Gasteiger partial charge in [-0.3, -0.25) is 10.1 Å². The molecule has 0 fully saturated rings. The number of rotatable bonds is 7. The molecular weight excluding hydrogens is 270 g/mol. The van der Waals surface area contributed by atoms with E-state index in [-0.39, 0.29) is 5.91 Å². The van der Waals surface area contributed by atoms with Crippen molar-refractivity contribution in [1.82, 2.24) is 10.5 Å². The quantitative estimate of drug-likeness (QED) is 0.761. The zero-order valence-electron chi connectivity index (χ0n) is 12.1. The lowest BCUT2D eigenvalue weighted by molar-refractivity contribution is -0.118. The number of carbonyl (C=O) groups excluding carboxylic acids is 1. The SMILES string of the molecule is COCCNC(C(=O)Nc1cc(C)on1)c1ccccc1. The van der Waals surface area contributed by atoms with Gasteiger partial charge in [-0.25, -0.2) is 0 Å². The Morgan fingerprint density at radius 2 is 2.14 bits per heavy atom. The summed E-state index contributed by atoms with van der Waals surface area (Å²) in [5.41, 5.74) is 0.881. The van der Waals surface area contributed by atoms with E-state index in [1.54, 1.807) is 20.1 Å². The van der Waals surface area contributed by atoms with E-state index in [4.69, 9.17) is 9.26 Å². The number of nitrogens with one attached hydrogen (secondary N) is 2. The number of hydrogen-bond acceptors (Lipinski definition) is 5. The number of carbonyl (C=O) groups is 1. The molecule has 1 unspecified atom stereocenters. The first-order chi connectivity index (χ1) is 10.2. The van der Waals surface area contributed by atoms with Crippen LogP contribution in [0.25, 0.3) is 0 Å². The summed E-state index contributed by atoms with van der Waals surface area (Å²) in [7, 11) is 1.62. The number of aryl methyl sites for hydroxylation is 1. The zero-order valence-corrected chi connectivity index (χ0v) is 12.1. The second kappa shape index (κ2) is 7.56. The van der Waals surface area contributed by atoms with E-state index < -0.39 is 6.04 Å². The molecule has 1 heterocycles. The Bertz CT molecular complexity index is 569. The summed E-state index contributed by atoms with van der Waals surface area (Å²) in [6.07, 6.45) is 0. The summed E-state index contributed by atoms with van der Waals surface area (Å²) < 4.78 is 9.95. The van der Waals surface area contributed by atoms with Crippen molar-refractivity contribution in [3.8, 4) is 0 Å². The number of methoxy groups -OCH3 is 1. The number of amides is 1. The van der Waals surface area contributed by atoms with E-state index in [1.807, 2.05) is 30.3 Å². The standard InChI is InChI=1S/C15H19N3O3/c1-11-10-13(18-21-11)17-15(19)14(16-8-9-20-2)12-6-4-3-5-7-12/h3-7,10,14,16H,8-9H2,1-2H3,(H,17,18,19). The van der Waals surface area contributed by atoms with Gasteiger partial charge in [0.25, 0.3) is 0 Å². The number of hydrogen-bond donors (Lipinski definition) is 2. The zero-order chi connectivity index (χ0) is 15.1. The summed E-state index contributed by atoms with van der Waals surface area (Å²) in [5, 5.41) is 9.68. The van der Waals surface area contributed by atoms with E-state index in [2.05, 4.69) is 15.8 Å².